The molecule has 170 valence electrons. The van der Waals surface area contributed by atoms with Gasteiger partial charge >= 0.3 is 0 Å². The number of hydrogen-bond donors (Lipinski definition) is 1. The predicted octanol–water partition coefficient (Wildman–Crippen LogP) is 5.29. The minimum atomic E-state index is -0.317. The molecule has 0 saturated carbocycles. The van der Waals surface area contributed by atoms with Gasteiger partial charge < -0.3 is 10.1 Å². The Morgan fingerprint density at radius 1 is 1.15 bits per heavy atom. The number of benzene rings is 2. The number of hydrogen-bond acceptors (Lipinski definition) is 6. The predicted molar refractivity (Wildman–Crippen MR) is 130 cm³/mol. The quantitative estimate of drug-likeness (QED) is 0.531. The fourth-order valence-corrected chi connectivity index (χ4v) is 4.86. The molecule has 5 rings (SSSR count). The van der Waals surface area contributed by atoms with Crippen molar-refractivity contribution in [3.63, 3.8) is 0 Å². The number of carbonyl (C=O) groups excluding carboxylic acids is 1. The second-order valence-corrected chi connectivity index (χ2v) is 8.94. The monoisotopic (exact) mass is 483 g/mol. The molecule has 33 heavy (non-hydrogen) atoms. The van der Waals surface area contributed by atoms with E-state index in [0.29, 0.717) is 21.7 Å². The van der Waals surface area contributed by atoms with Crippen LogP contribution in [-0.4, -0.2) is 40.6 Å². The van der Waals surface area contributed by atoms with E-state index in [1.54, 1.807) is 18.2 Å². The van der Waals surface area contributed by atoms with Gasteiger partial charge in [-0.1, -0.05) is 42.3 Å². The lowest BCUT2D eigenvalue weighted by atomic mass is 9.99. The van der Waals surface area contributed by atoms with Gasteiger partial charge in [-0.15, -0.1) is 0 Å². The van der Waals surface area contributed by atoms with Crippen molar-refractivity contribution in [2.45, 2.75) is 26.3 Å². The van der Waals surface area contributed by atoms with Crippen molar-refractivity contribution >= 4 is 46.4 Å². The summed E-state index contributed by atoms with van der Waals surface area (Å²) < 4.78 is 5.77. The molecule has 0 aliphatic carbocycles. The highest BCUT2D eigenvalue weighted by Gasteiger charge is 2.31. The Bertz CT molecular complexity index is 1200. The second kappa shape index (κ2) is 9.17. The lowest BCUT2D eigenvalue weighted by Gasteiger charge is -2.29. The number of para-hydroxylation sites is 1. The van der Waals surface area contributed by atoms with Gasteiger partial charge in [0.05, 0.1) is 15.7 Å². The van der Waals surface area contributed by atoms with E-state index in [0.717, 1.165) is 38.2 Å². The van der Waals surface area contributed by atoms with E-state index in [-0.39, 0.29) is 24.1 Å². The number of fused-ring (bicyclic) bond motifs is 2. The molecule has 0 atom stereocenters. The molecule has 0 spiro atoms. The topological polar surface area (TPSA) is 70.6 Å². The van der Waals surface area contributed by atoms with Crippen LogP contribution in [0.4, 0.5) is 17.3 Å². The number of halogens is 2. The third-order valence-corrected chi connectivity index (χ3v) is 6.47. The number of ether oxygens (including phenoxy) is 1. The Morgan fingerprint density at radius 3 is 2.76 bits per heavy atom. The highest BCUT2D eigenvalue weighted by atomic mass is 35.5. The molecule has 9 heteroatoms. The number of amides is 1. The fourth-order valence-electron chi connectivity index (χ4n) is 4.26. The zero-order chi connectivity index (χ0) is 22.9. The lowest BCUT2D eigenvalue weighted by molar-refractivity contribution is 0.0932. The number of rotatable bonds is 5. The van der Waals surface area contributed by atoms with Crippen LogP contribution in [0, 0.1) is 0 Å². The van der Waals surface area contributed by atoms with Crippen molar-refractivity contribution in [2.75, 3.05) is 30.0 Å². The average molecular weight is 484 g/mol. The summed E-state index contributed by atoms with van der Waals surface area (Å²) in [5, 5.41) is 3.97. The summed E-state index contributed by atoms with van der Waals surface area (Å²) in [6.07, 6.45) is 3.67. The molecule has 0 radical (unpaired) electrons. The number of carbonyl (C=O) groups is 1. The maximum absolute atomic E-state index is 13.1. The van der Waals surface area contributed by atoms with Crippen molar-refractivity contribution in [1.29, 1.82) is 0 Å². The van der Waals surface area contributed by atoms with Gasteiger partial charge in [-0.05, 0) is 54.8 Å². The molecule has 3 heterocycles. The Labute approximate surface area is 202 Å². The second-order valence-electron chi connectivity index (χ2n) is 8.12. The van der Waals surface area contributed by atoms with Crippen LogP contribution in [0.3, 0.4) is 0 Å². The van der Waals surface area contributed by atoms with Crippen LogP contribution >= 0.6 is 23.2 Å². The summed E-state index contributed by atoms with van der Waals surface area (Å²) in [7, 11) is 0. The molecule has 7 nitrogen and oxygen atoms in total. The van der Waals surface area contributed by atoms with Gasteiger partial charge in [0, 0.05) is 25.0 Å². The van der Waals surface area contributed by atoms with E-state index in [4.69, 9.17) is 27.9 Å². The van der Waals surface area contributed by atoms with Crippen molar-refractivity contribution in [3.8, 4) is 5.88 Å². The molecule has 2 aliphatic heterocycles. The zero-order valence-electron chi connectivity index (χ0n) is 18.1. The summed E-state index contributed by atoms with van der Waals surface area (Å²) in [6, 6.07) is 11.4. The van der Waals surface area contributed by atoms with E-state index in [1.165, 1.54) is 22.2 Å². The number of nitrogens with one attached hydrogen (secondary N) is 1. The SMILES string of the molecule is CCCN1CCc2ccc(Nc3ncc4c(n3)OCN(c3c(Cl)cccc3Cl)C4=O)cc2C1. The molecule has 0 unspecified atom stereocenters. The number of aromatic nitrogens is 2. The summed E-state index contributed by atoms with van der Waals surface area (Å²) in [5.74, 6) is 0.276. The number of anilines is 3. The van der Waals surface area contributed by atoms with Gasteiger partial charge in [-0.3, -0.25) is 14.6 Å². The molecular formula is C24H23Cl2N5O2. The van der Waals surface area contributed by atoms with Gasteiger partial charge in [-0.25, -0.2) is 4.98 Å². The normalized spacial score (nSPS) is 15.6. The first-order chi connectivity index (χ1) is 16.0. The standard InChI is InChI=1S/C24H23Cl2N5O2/c1-2-9-30-10-8-15-6-7-17(11-16(15)13-30)28-24-27-12-18-22(29-24)33-14-31(23(18)32)21-19(25)4-3-5-20(21)26/h3-7,11-12H,2,8-10,13-14H2,1H3,(H,27,28,29). The van der Waals surface area contributed by atoms with Gasteiger partial charge in [0.2, 0.25) is 11.8 Å². The van der Waals surface area contributed by atoms with E-state index in [2.05, 4.69) is 39.2 Å². The minimum Gasteiger partial charge on any atom is -0.455 e. The summed E-state index contributed by atoms with van der Waals surface area (Å²) >= 11 is 12.5. The van der Waals surface area contributed by atoms with Crippen LogP contribution in [-0.2, 0) is 13.0 Å². The van der Waals surface area contributed by atoms with E-state index >= 15 is 0 Å². The minimum absolute atomic E-state index is 0.0438. The van der Waals surface area contributed by atoms with Crippen LogP contribution in [0.25, 0.3) is 0 Å². The maximum Gasteiger partial charge on any atom is 0.268 e. The Balaban J connectivity index is 1.35. The molecule has 1 N–H and O–H groups in total. The van der Waals surface area contributed by atoms with E-state index < -0.39 is 0 Å². The van der Waals surface area contributed by atoms with E-state index in [9.17, 15) is 4.79 Å². The highest BCUT2D eigenvalue weighted by molar-refractivity contribution is 6.40. The molecule has 2 aromatic carbocycles. The Morgan fingerprint density at radius 2 is 1.97 bits per heavy atom. The summed E-state index contributed by atoms with van der Waals surface area (Å²) in [5.41, 5.74) is 4.26. The molecule has 2 aliphatic rings. The molecule has 3 aromatic rings. The van der Waals surface area contributed by atoms with Crippen molar-refractivity contribution in [2.24, 2.45) is 0 Å². The maximum atomic E-state index is 13.1. The molecular weight excluding hydrogens is 461 g/mol. The van der Waals surface area contributed by atoms with Crippen LogP contribution < -0.4 is 15.0 Å². The first-order valence-corrected chi connectivity index (χ1v) is 11.7. The smallest absolute Gasteiger partial charge is 0.268 e. The van der Waals surface area contributed by atoms with E-state index in [1.807, 2.05) is 6.07 Å². The summed E-state index contributed by atoms with van der Waals surface area (Å²) in [4.78, 5) is 25.7. The average Bonchev–Trinajstić information content (AvgIpc) is 2.80. The van der Waals surface area contributed by atoms with Gasteiger partial charge in [0.15, 0.2) is 6.73 Å². The largest absolute Gasteiger partial charge is 0.455 e. The van der Waals surface area contributed by atoms with Crippen molar-refractivity contribution < 1.29 is 9.53 Å². The summed E-state index contributed by atoms with van der Waals surface area (Å²) in [6.45, 7) is 5.31. The third-order valence-electron chi connectivity index (χ3n) is 5.86. The lowest BCUT2D eigenvalue weighted by Crippen LogP contribution is -2.39. The molecule has 1 amide bonds. The van der Waals surface area contributed by atoms with Crippen LogP contribution in [0.1, 0.15) is 34.8 Å². The molecule has 0 fully saturated rings. The van der Waals surface area contributed by atoms with Gasteiger partial charge in [-0.2, -0.15) is 4.98 Å². The molecule has 0 bridgehead atoms. The molecule has 0 saturated heterocycles. The number of nitrogens with zero attached hydrogens (tertiary/aromatic N) is 4. The Hall–Kier alpha value is -2.87. The van der Waals surface area contributed by atoms with Crippen LogP contribution in [0.5, 0.6) is 5.88 Å². The molecule has 1 aromatic heterocycles. The first kappa shape index (κ1) is 21.9. The Kier molecular flexibility index (Phi) is 6.10. The fraction of sp³-hybridized carbons (Fsp3) is 0.292. The van der Waals surface area contributed by atoms with Crippen molar-refractivity contribution in [1.82, 2.24) is 14.9 Å². The van der Waals surface area contributed by atoms with Crippen molar-refractivity contribution in [3.05, 3.63) is 69.3 Å². The van der Waals surface area contributed by atoms with Crippen LogP contribution in [0.2, 0.25) is 10.0 Å². The third kappa shape index (κ3) is 4.36. The van der Waals surface area contributed by atoms with Crippen LogP contribution in [0.15, 0.2) is 42.6 Å². The van der Waals surface area contributed by atoms with Gasteiger partial charge in [0.25, 0.3) is 5.91 Å². The zero-order valence-corrected chi connectivity index (χ0v) is 19.7. The highest BCUT2D eigenvalue weighted by Crippen LogP contribution is 2.37. The van der Waals surface area contributed by atoms with Gasteiger partial charge in [0.1, 0.15) is 5.56 Å². The first-order valence-electron chi connectivity index (χ1n) is 10.9.